The summed E-state index contributed by atoms with van der Waals surface area (Å²) >= 11 is 0. The van der Waals surface area contributed by atoms with Crippen molar-refractivity contribution in [1.82, 2.24) is 4.31 Å². The Morgan fingerprint density at radius 3 is 2.38 bits per heavy atom. The quantitative estimate of drug-likeness (QED) is 0.782. The molecule has 29 heavy (non-hydrogen) atoms. The molecule has 6 nitrogen and oxygen atoms in total. The molecule has 2 aromatic carbocycles. The molecular formula is C22H28N2O4S. The SMILES string of the molecule is Cc1cccc(C(C)C)c1NC(=O)c1ccc(CS(=O)(=O)N2CCOCC2)cc1. The molecule has 156 valence electrons. The maximum atomic E-state index is 12.7. The molecule has 0 unspecified atom stereocenters. The summed E-state index contributed by atoms with van der Waals surface area (Å²) in [5, 5.41) is 3.02. The number of nitrogens with one attached hydrogen (secondary N) is 1. The van der Waals surface area contributed by atoms with Gasteiger partial charge in [0.25, 0.3) is 5.91 Å². The Morgan fingerprint density at radius 2 is 1.76 bits per heavy atom. The van der Waals surface area contributed by atoms with Gasteiger partial charge in [0.05, 0.1) is 19.0 Å². The van der Waals surface area contributed by atoms with Crippen molar-refractivity contribution in [2.75, 3.05) is 31.6 Å². The fourth-order valence-electron chi connectivity index (χ4n) is 3.41. The zero-order chi connectivity index (χ0) is 21.0. The van der Waals surface area contributed by atoms with Crippen LogP contribution < -0.4 is 5.32 Å². The van der Waals surface area contributed by atoms with Gasteiger partial charge in [-0.1, -0.05) is 44.2 Å². The molecule has 1 saturated heterocycles. The number of rotatable bonds is 6. The Bertz CT molecular complexity index is 963. The van der Waals surface area contributed by atoms with Gasteiger partial charge in [0.1, 0.15) is 0 Å². The van der Waals surface area contributed by atoms with Gasteiger partial charge in [0.15, 0.2) is 0 Å². The van der Waals surface area contributed by atoms with Crippen LogP contribution >= 0.6 is 0 Å². The van der Waals surface area contributed by atoms with Crippen LogP contribution in [0.25, 0.3) is 0 Å². The van der Waals surface area contributed by atoms with E-state index in [0.717, 1.165) is 16.8 Å². The number of ether oxygens (including phenoxy) is 1. The Labute approximate surface area is 172 Å². The summed E-state index contributed by atoms with van der Waals surface area (Å²) in [6.45, 7) is 7.78. The molecule has 1 heterocycles. The zero-order valence-electron chi connectivity index (χ0n) is 17.1. The fraction of sp³-hybridized carbons (Fsp3) is 0.409. The molecule has 1 N–H and O–H groups in total. The van der Waals surface area contributed by atoms with Gasteiger partial charge in [-0.2, -0.15) is 4.31 Å². The first kappa shape index (κ1) is 21.5. The molecule has 1 aliphatic rings. The molecule has 0 saturated carbocycles. The van der Waals surface area contributed by atoms with E-state index < -0.39 is 10.0 Å². The first-order valence-electron chi connectivity index (χ1n) is 9.83. The van der Waals surface area contributed by atoms with Crippen LogP contribution in [0.2, 0.25) is 0 Å². The molecule has 0 aliphatic carbocycles. The number of morpholine rings is 1. The van der Waals surface area contributed by atoms with Crippen molar-refractivity contribution in [2.45, 2.75) is 32.4 Å². The number of para-hydroxylation sites is 1. The van der Waals surface area contributed by atoms with E-state index in [2.05, 4.69) is 19.2 Å². The van der Waals surface area contributed by atoms with Crippen LogP contribution in [0.5, 0.6) is 0 Å². The van der Waals surface area contributed by atoms with Gasteiger partial charge in [-0.3, -0.25) is 4.79 Å². The van der Waals surface area contributed by atoms with Crippen LogP contribution in [0.3, 0.4) is 0 Å². The molecule has 0 spiro atoms. The summed E-state index contributed by atoms with van der Waals surface area (Å²) < 4.78 is 31.8. The van der Waals surface area contributed by atoms with Gasteiger partial charge in [0, 0.05) is 24.3 Å². The molecule has 2 aromatic rings. The van der Waals surface area contributed by atoms with Crippen LogP contribution in [0.15, 0.2) is 42.5 Å². The van der Waals surface area contributed by atoms with Gasteiger partial charge < -0.3 is 10.1 Å². The van der Waals surface area contributed by atoms with E-state index in [1.54, 1.807) is 24.3 Å². The third-order valence-electron chi connectivity index (χ3n) is 5.09. The monoisotopic (exact) mass is 416 g/mol. The lowest BCUT2D eigenvalue weighted by Gasteiger charge is -2.26. The highest BCUT2D eigenvalue weighted by molar-refractivity contribution is 7.88. The summed E-state index contributed by atoms with van der Waals surface area (Å²) in [7, 11) is -3.39. The standard InChI is InChI=1S/C22H28N2O4S/c1-16(2)20-6-4-5-17(3)21(20)23-22(25)19-9-7-18(8-10-19)15-29(26,27)24-11-13-28-14-12-24/h4-10,16H,11-15H2,1-3H3,(H,23,25). The van der Waals surface area contributed by atoms with Crippen molar-refractivity contribution in [3.8, 4) is 0 Å². The minimum atomic E-state index is -3.39. The molecule has 0 aromatic heterocycles. The van der Waals surface area contributed by atoms with Gasteiger partial charge in [-0.25, -0.2) is 8.42 Å². The lowest BCUT2D eigenvalue weighted by atomic mass is 9.98. The van der Waals surface area contributed by atoms with Crippen LogP contribution in [0, 0.1) is 6.92 Å². The molecular weight excluding hydrogens is 388 g/mol. The van der Waals surface area contributed by atoms with E-state index in [9.17, 15) is 13.2 Å². The lowest BCUT2D eigenvalue weighted by molar-refractivity contribution is 0.0729. The summed E-state index contributed by atoms with van der Waals surface area (Å²) in [5.41, 5.74) is 4.10. The molecule has 1 aliphatic heterocycles. The Balaban J connectivity index is 1.71. The zero-order valence-corrected chi connectivity index (χ0v) is 18.0. The number of hydrogen-bond acceptors (Lipinski definition) is 4. The van der Waals surface area contributed by atoms with Gasteiger partial charge in [0.2, 0.25) is 10.0 Å². The Kier molecular flexibility index (Phi) is 6.72. The average molecular weight is 417 g/mol. The number of aryl methyl sites for hydroxylation is 1. The molecule has 0 bridgehead atoms. The van der Waals surface area contributed by atoms with Crippen molar-refractivity contribution in [1.29, 1.82) is 0 Å². The third-order valence-corrected chi connectivity index (χ3v) is 6.94. The fourth-order valence-corrected chi connectivity index (χ4v) is 4.91. The second-order valence-electron chi connectivity index (χ2n) is 7.61. The predicted octanol–water partition coefficient (Wildman–Crippen LogP) is 3.53. The smallest absolute Gasteiger partial charge is 0.255 e. The predicted molar refractivity (Wildman–Crippen MR) is 115 cm³/mol. The normalized spacial score (nSPS) is 15.4. The first-order valence-corrected chi connectivity index (χ1v) is 11.4. The van der Waals surface area contributed by atoms with Gasteiger partial charge in [-0.05, 0) is 41.7 Å². The van der Waals surface area contributed by atoms with Gasteiger partial charge >= 0.3 is 0 Å². The highest BCUT2D eigenvalue weighted by Crippen LogP contribution is 2.28. The molecule has 3 rings (SSSR count). The average Bonchev–Trinajstić information content (AvgIpc) is 2.70. The topological polar surface area (TPSA) is 75.7 Å². The number of anilines is 1. The van der Waals surface area contributed by atoms with E-state index in [0.29, 0.717) is 37.4 Å². The summed E-state index contributed by atoms with van der Waals surface area (Å²) in [5.74, 6) is 0.00578. The van der Waals surface area contributed by atoms with E-state index >= 15 is 0 Å². The molecule has 0 radical (unpaired) electrons. The van der Waals surface area contributed by atoms with Gasteiger partial charge in [-0.15, -0.1) is 0 Å². The first-order chi connectivity index (χ1) is 13.8. The number of amides is 1. The maximum absolute atomic E-state index is 12.7. The largest absolute Gasteiger partial charge is 0.379 e. The number of nitrogens with zero attached hydrogens (tertiary/aromatic N) is 1. The van der Waals surface area contributed by atoms with Crippen LogP contribution in [-0.4, -0.2) is 44.9 Å². The molecule has 0 atom stereocenters. The third kappa shape index (κ3) is 5.23. The van der Waals surface area contributed by atoms with Crippen molar-refractivity contribution in [3.05, 3.63) is 64.7 Å². The number of hydrogen-bond donors (Lipinski definition) is 1. The van der Waals surface area contributed by atoms with E-state index in [-0.39, 0.29) is 17.6 Å². The van der Waals surface area contributed by atoms with E-state index in [1.165, 1.54) is 4.31 Å². The minimum Gasteiger partial charge on any atom is -0.379 e. The number of benzene rings is 2. The van der Waals surface area contributed by atoms with Crippen molar-refractivity contribution >= 4 is 21.6 Å². The van der Waals surface area contributed by atoms with Crippen LogP contribution in [0.4, 0.5) is 5.69 Å². The van der Waals surface area contributed by atoms with Crippen molar-refractivity contribution in [2.24, 2.45) is 0 Å². The number of carbonyl (C=O) groups is 1. The maximum Gasteiger partial charge on any atom is 0.255 e. The van der Waals surface area contributed by atoms with Crippen LogP contribution in [-0.2, 0) is 20.5 Å². The molecule has 1 fully saturated rings. The second-order valence-corrected chi connectivity index (χ2v) is 9.58. The Hall–Kier alpha value is -2.22. The highest BCUT2D eigenvalue weighted by atomic mass is 32.2. The molecule has 1 amide bonds. The van der Waals surface area contributed by atoms with Crippen LogP contribution in [0.1, 0.15) is 46.8 Å². The minimum absolute atomic E-state index is 0.0792. The summed E-state index contributed by atoms with van der Waals surface area (Å²) in [4.78, 5) is 12.7. The lowest BCUT2D eigenvalue weighted by Crippen LogP contribution is -2.41. The molecule has 7 heteroatoms. The number of sulfonamides is 1. The Morgan fingerprint density at radius 1 is 1.10 bits per heavy atom. The van der Waals surface area contributed by atoms with E-state index in [4.69, 9.17) is 4.74 Å². The number of carbonyl (C=O) groups excluding carboxylic acids is 1. The van der Waals surface area contributed by atoms with E-state index in [1.807, 2.05) is 25.1 Å². The highest BCUT2D eigenvalue weighted by Gasteiger charge is 2.24. The second kappa shape index (κ2) is 9.07. The summed E-state index contributed by atoms with van der Waals surface area (Å²) in [6.07, 6.45) is 0. The van der Waals surface area contributed by atoms with Crippen molar-refractivity contribution in [3.63, 3.8) is 0 Å². The summed E-state index contributed by atoms with van der Waals surface area (Å²) in [6, 6.07) is 12.7. The van der Waals surface area contributed by atoms with Crippen molar-refractivity contribution < 1.29 is 17.9 Å².